The van der Waals surface area contributed by atoms with Crippen LogP contribution in [-0.2, 0) is 9.53 Å². The molecule has 1 heterocycles. The number of hydrogen-bond donors (Lipinski definition) is 5. The number of carbonyl (C=O) groups is 1. The molecule has 0 aromatic carbocycles. The van der Waals surface area contributed by atoms with Crippen molar-refractivity contribution in [2.75, 3.05) is 6.61 Å². The van der Waals surface area contributed by atoms with E-state index in [-0.39, 0.29) is 0 Å². The summed E-state index contributed by atoms with van der Waals surface area (Å²) in [5.41, 5.74) is 0. The quantitative estimate of drug-likeness (QED) is 0.251. The molecule has 1 rings (SSSR count). The van der Waals surface area contributed by atoms with Gasteiger partial charge < -0.3 is 30.5 Å². The maximum atomic E-state index is 10.7. The van der Waals surface area contributed by atoms with Crippen LogP contribution in [0.4, 0.5) is 0 Å². The normalized spacial score (nSPS) is 41.3. The van der Waals surface area contributed by atoms with Gasteiger partial charge in [-0.2, -0.15) is 0 Å². The van der Waals surface area contributed by atoms with Crippen molar-refractivity contribution in [3.63, 3.8) is 0 Å². The first-order valence-corrected chi connectivity index (χ1v) is 4.55. The summed E-state index contributed by atoms with van der Waals surface area (Å²) < 4.78 is 4.81. The number of nitrogens with one attached hydrogen (secondary N) is 1. The molecule has 1 saturated heterocycles. The lowest BCUT2D eigenvalue weighted by Gasteiger charge is -2.40. The molecule has 1 fully saturated rings. The fraction of sp³-hybridized carbons (Fsp3) is 0.875. The molecule has 7 nitrogen and oxygen atoms in total. The Morgan fingerprint density at radius 1 is 1.33 bits per heavy atom. The molecule has 88 valence electrons. The molecule has 0 aliphatic carbocycles. The molecule has 1 aliphatic heterocycles. The van der Waals surface area contributed by atoms with Crippen LogP contribution in [0.2, 0.25) is 0 Å². The van der Waals surface area contributed by atoms with Crippen LogP contribution >= 0.6 is 0 Å². The molecule has 15 heavy (non-hydrogen) atoms. The minimum Gasteiger partial charge on any atom is -0.394 e. The molecule has 1 amide bonds. The number of ether oxygens (including phenoxy) is 1. The van der Waals surface area contributed by atoms with Gasteiger partial charge in [0.05, 0.1) is 6.61 Å². The highest BCUT2D eigenvalue weighted by Crippen LogP contribution is 2.19. The molecule has 1 aliphatic rings. The maximum absolute atomic E-state index is 10.7. The third kappa shape index (κ3) is 2.64. The Balaban J connectivity index is 2.70. The van der Waals surface area contributed by atoms with Crippen molar-refractivity contribution in [3.8, 4) is 0 Å². The second-order valence-electron chi connectivity index (χ2n) is 3.46. The third-order valence-electron chi connectivity index (χ3n) is 2.27. The molecule has 5 unspecified atom stereocenters. The maximum Gasteiger partial charge on any atom is 0.217 e. The molecular weight excluding hydrogens is 210 g/mol. The second kappa shape index (κ2) is 4.86. The van der Waals surface area contributed by atoms with Gasteiger partial charge in [0, 0.05) is 6.92 Å². The van der Waals surface area contributed by atoms with Crippen LogP contribution in [0, 0.1) is 0 Å². The van der Waals surface area contributed by atoms with Crippen molar-refractivity contribution in [1.82, 2.24) is 5.32 Å². The summed E-state index contributed by atoms with van der Waals surface area (Å²) in [7, 11) is 0. The minimum atomic E-state index is -1.45. The van der Waals surface area contributed by atoms with Gasteiger partial charge in [0.2, 0.25) is 5.91 Å². The van der Waals surface area contributed by atoms with E-state index in [2.05, 4.69) is 5.32 Å². The summed E-state index contributed by atoms with van der Waals surface area (Å²) in [4.78, 5) is 10.7. The number of aliphatic hydroxyl groups excluding tert-OH is 4. The first kappa shape index (κ1) is 12.3. The van der Waals surface area contributed by atoms with Gasteiger partial charge in [-0.05, 0) is 0 Å². The van der Waals surface area contributed by atoms with Crippen molar-refractivity contribution >= 4 is 5.91 Å². The molecule has 0 saturated carbocycles. The van der Waals surface area contributed by atoms with Crippen molar-refractivity contribution < 1.29 is 30.0 Å². The third-order valence-corrected chi connectivity index (χ3v) is 2.27. The van der Waals surface area contributed by atoms with E-state index in [4.69, 9.17) is 9.84 Å². The Morgan fingerprint density at radius 2 is 1.93 bits per heavy atom. The molecule has 5 atom stereocenters. The lowest BCUT2D eigenvalue weighted by Crippen LogP contribution is -2.63. The van der Waals surface area contributed by atoms with E-state index in [1.807, 2.05) is 0 Å². The van der Waals surface area contributed by atoms with E-state index in [1.54, 1.807) is 0 Å². The van der Waals surface area contributed by atoms with Gasteiger partial charge in [-0.3, -0.25) is 4.79 Å². The van der Waals surface area contributed by atoms with Crippen molar-refractivity contribution in [2.24, 2.45) is 0 Å². The van der Waals surface area contributed by atoms with E-state index in [0.717, 1.165) is 0 Å². The topological polar surface area (TPSA) is 119 Å². The number of carbonyl (C=O) groups excluding carboxylic acids is 1. The van der Waals surface area contributed by atoms with Crippen LogP contribution in [0.15, 0.2) is 0 Å². The summed E-state index contributed by atoms with van der Waals surface area (Å²) in [6.45, 7) is 0.687. The smallest absolute Gasteiger partial charge is 0.217 e. The lowest BCUT2D eigenvalue weighted by atomic mass is 10.0. The predicted octanol–water partition coefficient (Wildman–Crippen LogP) is -3.08. The average molecular weight is 225 g/mol. The largest absolute Gasteiger partial charge is 0.394 e. The van der Waals surface area contributed by atoms with E-state index in [9.17, 15) is 20.1 Å². The number of hydrogen-bond acceptors (Lipinski definition) is 6. The van der Waals surface area contributed by atoms with Crippen molar-refractivity contribution in [1.29, 1.82) is 0 Å². The molecule has 5 N–H and O–H groups in total. The van der Waals surface area contributed by atoms with Crippen LogP contribution in [0.25, 0.3) is 0 Å². The Labute approximate surface area is 86.3 Å². The molecular formula is C8H15NO6. The molecule has 0 aromatic heterocycles. The first-order valence-electron chi connectivity index (χ1n) is 4.55. The van der Waals surface area contributed by atoms with Gasteiger partial charge in [-0.1, -0.05) is 0 Å². The Morgan fingerprint density at radius 3 is 2.40 bits per heavy atom. The molecule has 7 heteroatoms. The number of rotatable bonds is 2. The van der Waals surface area contributed by atoms with Gasteiger partial charge in [-0.25, -0.2) is 0 Å². The van der Waals surface area contributed by atoms with Crippen LogP contribution in [0.3, 0.4) is 0 Å². The summed E-state index contributed by atoms with van der Waals surface area (Å²) in [5, 5.41) is 39.4. The van der Waals surface area contributed by atoms with E-state index < -0.39 is 43.2 Å². The Hall–Kier alpha value is -0.730. The fourth-order valence-electron chi connectivity index (χ4n) is 1.49. The standard InChI is InChI=1S/C8H15NO6/c1-3(11)9-5-7(13)6(12)4(2-10)15-8(5)14/h4-8,10,12-14H,2H2,1H3,(H,9,11)/i1+1,3+1,8+1,9+1. The molecule has 0 radical (unpaired) electrons. The van der Waals surface area contributed by atoms with Gasteiger partial charge in [-0.15, -0.1) is 0 Å². The van der Waals surface area contributed by atoms with Crippen LogP contribution < -0.4 is 5.32 Å². The fourth-order valence-corrected chi connectivity index (χ4v) is 1.49. The summed E-state index contributed by atoms with van der Waals surface area (Å²) in [6, 6.07) is -1.10. The van der Waals surface area contributed by atoms with Crippen molar-refractivity contribution in [3.05, 3.63) is 0 Å². The summed E-state index contributed by atoms with van der Waals surface area (Å²) in [5.74, 6) is -0.462. The van der Waals surface area contributed by atoms with Gasteiger partial charge in [0.25, 0.3) is 0 Å². The monoisotopic (exact) mass is 225 g/mol. The highest BCUT2D eigenvalue weighted by Gasteiger charge is 2.43. The van der Waals surface area contributed by atoms with Crippen LogP contribution in [0.1, 0.15) is 6.92 Å². The zero-order chi connectivity index (χ0) is 11.6. The Kier molecular flexibility index (Phi) is 4.00. The van der Waals surface area contributed by atoms with E-state index in [0.29, 0.717) is 0 Å². The van der Waals surface area contributed by atoms with Crippen LogP contribution in [0.5, 0.6) is 0 Å². The zero-order valence-corrected chi connectivity index (χ0v) is 8.20. The number of aliphatic hydroxyl groups is 4. The highest BCUT2D eigenvalue weighted by molar-refractivity contribution is 5.73. The summed E-state index contributed by atoms with van der Waals surface area (Å²) >= 11 is 0. The molecule has 0 aromatic rings. The number of amides is 1. The average Bonchev–Trinajstić information content (AvgIpc) is 2.18. The molecule has 0 bridgehead atoms. The van der Waals surface area contributed by atoms with Crippen LogP contribution in [-0.4, -0.2) is 63.6 Å². The predicted molar refractivity (Wildman–Crippen MR) is 47.6 cm³/mol. The first-order chi connectivity index (χ1) is 6.97. The van der Waals surface area contributed by atoms with Crippen molar-refractivity contribution in [2.45, 2.75) is 37.6 Å². The lowest BCUT2D eigenvalue weighted by molar-refractivity contribution is -0.253. The van der Waals surface area contributed by atoms with E-state index >= 15 is 0 Å². The Bertz CT molecular complexity index is 235. The summed E-state index contributed by atoms with van der Waals surface area (Å²) in [6.07, 6.45) is -5.24. The second-order valence-corrected chi connectivity index (χ2v) is 3.46. The molecule has 0 spiro atoms. The zero-order valence-electron chi connectivity index (χ0n) is 8.20. The minimum absolute atomic E-state index is 0.462. The van der Waals surface area contributed by atoms with Gasteiger partial charge >= 0.3 is 0 Å². The SMILES string of the molecule is [13CH3][13C](=O)[15NH]C1C(O)C(O)C(CO)O[13CH]1O. The highest BCUT2D eigenvalue weighted by atomic mass is 16.7. The van der Waals surface area contributed by atoms with Gasteiger partial charge in [0.15, 0.2) is 6.29 Å². The van der Waals surface area contributed by atoms with E-state index in [1.165, 1.54) is 6.92 Å². The van der Waals surface area contributed by atoms with Gasteiger partial charge in [0.1, 0.15) is 24.4 Å².